The van der Waals surface area contributed by atoms with Crippen molar-refractivity contribution in [2.45, 2.75) is 63.8 Å². The highest BCUT2D eigenvalue weighted by atomic mass is 16.7. The summed E-state index contributed by atoms with van der Waals surface area (Å²) in [6.07, 6.45) is 0.721. The molecule has 2 heterocycles. The molecule has 9 heteroatoms. The number of carboxylic acids is 1. The number of carbonyl (C=O) groups excluding carboxylic acids is 1. The van der Waals surface area contributed by atoms with Crippen molar-refractivity contribution in [3.8, 4) is 0 Å². The van der Waals surface area contributed by atoms with Crippen LogP contribution in [0, 0.1) is 5.92 Å². The first-order valence-electron chi connectivity index (χ1n) is 12.8. The maximum absolute atomic E-state index is 12.0. The highest BCUT2D eigenvalue weighted by molar-refractivity contribution is 5.92. The van der Waals surface area contributed by atoms with E-state index >= 15 is 0 Å². The third-order valence-electron chi connectivity index (χ3n) is 7.28. The summed E-state index contributed by atoms with van der Waals surface area (Å²) < 4.78 is 13.0. The van der Waals surface area contributed by atoms with Crippen molar-refractivity contribution < 1.29 is 34.4 Å². The summed E-state index contributed by atoms with van der Waals surface area (Å²) in [6, 6.07) is 15.1. The van der Waals surface area contributed by atoms with Crippen molar-refractivity contribution in [2.75, 3.05) is 25.0 Å². The van der Waals surface area contributed by atoms with Crippen molar-refractivity contribution in [1.82, 2.24) is 4.90 Å². The van der Waals surface area contributed by atoms with Gasteiger partial charge in [-0.15, -0.1) is 0 Å². The third-order valence-corrected chi connectivity index (χ3v) is 7.28. The standard InChI is InChI=1S/C28H36N2O7/c1-18-24(15-30-14-2-3-23(30)17-32)36-28(37-27(18)20-6-4-19(16-31)5-7-20)21-8-10-22(11-9-21)29-25(33)12-13-26(34)35/h4-11,18,23-24,27-28,31-32H,2-3,12-17H2,1H3,(H,29,33)(H,34,35)/t18-,23+,24+,27+,28+/m1/s1. The molecule has 2 fully saturated rings. The molecule has 0 spiro atoms. The summed E-state index contributed by atoms with van der Waals surface area (Å²) in [5.41, 5.74) is 3.21. The van der Waals surface area contributed by atoms with E-state index in [2.05, 4.69) is 17.1 Å². The molecule has 0 radical (unpaired) electrons. The summed E-state index contributed by atoms with van der Waals surface area (Å²) in [5, 5.41) is 30.7. The van der Waals surface area contributed by atoms with Crippen molar-refractivity contribution in [1.29, 1.82) is 0 Å². The van der Waals surface area contributed by atoms with Crippen molar-refractivity contribution in [3.63, 3.8) is 0 Å². The average Bonchev–Trinajstić information content (AvgIpc) is 3.36. The highest BCUT2D eigenvalue weighted by Gasteiger charge is 2.40. The van der Waals surface area contributed by atoms with Crippen LogP contribution in [0.5, 0.6) is 0 Å². The van der Waals surface area contributed by atoms with Crippen LogP contribution in [-0.2, 0) is 25.7 Å². The first kappa shape index (κ1) is 27.2. The molecule has 2 aliphatic heterocycles. The van der Waals surface area contributed by atoms with Gasteiger partial charge in [-0.3, -0.25) is 14.5 Å². The molecule has 4 N–H and O–H groups in total. The number of benzene rings is 2. The number of nitrogens with one attached hydrogen (secondary N) is 1. The predicted molar refractivity (Wildman–Crippen MR) is 137 cm³/mol. The number of nitrogens with zero attached hydrogens (tertiary/aromatic N) is 1. The number of carboxylic acid groups (broad SMARTS) is 1. The second-order valence-corrected chi connectivity index (χ2v) is 9.86. The molecule has 5 atom stereocenters. The number of anilines is 1. The van der Waals surface area contributed by atoms with E-state index in [9.17, 15) is 19.8 Å². The van der Waals surface area contributed by atoms with Gasteiger partial charge >= 0.3 is 5.97 Å². The lowest BCUT2D eigenvalue weighted by atomic mass is 9.90. The molecule has 0 unspecified atom stereocenters. The third kappa shape index (κ3) is 6.94. The van der Waals surface area contributed by atoms with Gasteiger partial charge in [-0.05, 0) is 42.6 Å². The molecular weight excluding hydrogens is 476 g/mol. The average molecular weight is 513 g/mol. The van der Waals surface area contributed by atoms with Crippen LogP contribution in [0.25, 0.3) is 0 Å². The van der Waals surface area contributed by atoms with Gasteiger partial charge in [-0.1, -0.05) is 43.3 Å². The van der Waals surface area contributed by atoms with Crippen LogP contribution in [0.4, 0.5) is 5.69 Å². The van der Waals surface area contributed by atoms with Gasteiger partial charge < -0.3 is 30.1 Å². The van der Waals surface area contributed by atoms with Crippen molar-refractivity contribution in [3.05, 3.63) is 65.2 Å². The van der Waals surface area contributed by atoms with Crippen LogP contribution in [0.2, 0.25) is 0 Å². The summed E-state index contributed by atoms with van der Waals surface area (Å²) in [7, 11) is 0. The number of ether oxygens (including phenoxy) is 2. The number of aliphatic carboxylic acids is 1. The first-order valence-corrected chi connectivity index (χ1v) is 12.8. The molecule has 0 bridgehead atoms. The Morgan fingerprint density at radius 3 is 2.35 bits per heavy atom. The van der Waals surface area contributed by atoms with E-state index in [4.69, 9.17) is 14.6 Å². The lowest BCUT2D eigenvalue weighted by Crippen LogP contribution is -2.46. The number of hydrogen-bond donors (Lipinski definition) is 4. The highest BCUT2D eigenvalue weighted by Crippen LogP contribution is 2.42. The Balaban J connectivity index is 1.52. The molecule has 0 saturated carbocycles. The Hall–Kier alpha value is -2.82. The Kier molecular flexibility index (Phi) is 9.28. The molecule has 0 aliphatic carbocycles. The summed E-state index contributed by atoms with van der Waals surface area (Å²) in [4.78, 5) is 25.0. The van der Waals surface area contributed by atoms with E-state index in [0.29, 0.717) is 12.2 Å². The van der Waals surface area contributed by atoms with E-state index in [1.54, 1.807) is 12.1 Å². The summed E-state index contributed by atoms with van der Waals surface area (Å²) in [6.45, 7) is 3.84. The van der Waals surface area contributed by atoms with E-state index in [-0.39, 0.29) is 56.1 Å². The summed E-state index contributed by atoms with van der Waals surface area (Å²) >= 11 is 0. The van der Waals surface area contributed by atoms with Gasteiger partial charge in [0.15, 0.2) is 6.29 Å². The zero-order valence-corrected chi connectivity index (χ0v) is 21.1. The van der Waals surface area contributed by atoms with Crippen LogP contribution in [-0.4, -0.2) is 63.9 Å². The monoisotopic (exact) mass is 512 g/mol. The van der Waals surface area contributed by atoms with Crippen molar-refractivity contribution >= 4 is 17.6 Å². The molecule has 37 heavy (non-hydrogen) atoms. The van der Waals surface area contributed by atoms with Gasteiger partial charge in [0.25, 0.3) is 0 Å². The predicted octanol–water partition coefficient (Wildman–Crippen LogP) is 3.23. The molecule has 200 valence electrons. The second-order valence-electron chi connectivity index (χ2n) is 9.86. The molecule has 0 aromatic heterocycles. The van der Waals surface area contributed by atoms with Crippen LogP contribution in [0.3, 0.4) is 0 Å². The fourth-order valence-corrected chi connectivity index (χ4v) is 5.07. The topological polar surface area (TPSA) is 129 Å². The van der Waals surface area contributed by atoms with Gasteiger partial charge in [0, 0.05) is 36.2 Å². The van der Waals surface area contributed by atoms with Crippen molar-refractivity contribution in [2.24, 2.45) is 5.92 Å². The number of aliphatic hydroxyl groups is 2. The van der Waals surface area contributed by atoms with Gasteiger partial charge in [0.1, 0.15) is 0 Å². The fourth-order valence-electron chi connectivity index (χ4n) is 5.07. The number of aliphatic hydroxyl groups excluding tert-OH is 2. The van der Waals surface area contributed by atoms with Crippen LogP contribution >= 0.6 is 0 Å². The van der Waals surface area contributed by atoms with Crippen LogP contribution < -0.4 is 5.32 Å². The number of amides is 1. The zero-order chi connectivity index (χ0) is 26.4. The molecule has 1 amide bonds. The zero-order valence-electron chi connectivity index (χ0n) is 21.1. The number of likely N-dealkylation sites (tertiary alicyclic amines) is 1. The smallest absolute Gasteiger partial charge is 0.303 e. The molecule has 2 saturated heterocycles. The molecule has 2 aliphatic rings. The second kappa shape index (κ2) is 12.6. The van der Waals surface area contributed by atoms with E-state index in [1.807, 2.05) is 36.4 Å². The minimum absolute atomic E-state index is 0.0214. The lowest BCUT2D eigenvalue weighted by Gasteiger charge is -2.43. The minimum atomic E-state index is -1.01. The van der Waals surface area contributed by atoms with E-state index in [1.165, 1.54) is 0 Å². The molecule has 2 aromatic carbocycles. The SMILES string of the molecule is C[C@@H]1[C@H](CN2CCC[C@H]2CO)O[C@H](c2ccc(NC(=O)CCC(=O)O)cc2)O[C@@H]1c1ccc(CO)cc1. The fraction of sp³-hybridized carbons (Fsp3) is 0.500. The number of hydrogen-bond acceptors (Lipinski definition) is 7. The maximum Gasteiger partial charge on any atom is 0.303 e. The molecular formula is C28H36N2O7. The quantitative estimate of drug-likeness (QED) is 0.382. The molecule has 4 rings (SSSR count). The molecule has 9 nitrogen and oxygen atoms in total. The Morgan fingerprint density at radius 2 is 1.70 bits per heavy atom. The van der Waals surface area contributed by atoms with E-state index in [0.717, 1.165) is 36.1 Å². The Bertz CT molecular complexity index is 1040. The minimum Gasteiger partial charge on any atom is -0.481 e. The maximum atomic E-state index is 12.0. The van der Waals surface area contributed by atoms with Gasteiger partial charge in [0.05, 0.1) is 31.8 Å². The van der Waals surface area contributed by atoms with Gasteiger partial charge in [-0.2, -0.15) is 0 Å². The summed E-state index contributed by atoms with van der Waals surface area (Å²) in [5.74, 6) is -1.32. The first-order chi connectivity index (χ1) is 17.9. The number of rotatable bonds is 10. The van der Waals surface area contributed by atoms with Gasteiger partial charge in [0.2, 0.25) is 5.91 Å². The van der Waals surface area contributed by atoms with Gasteiger partial charge in [-0.25, -0.2) is 0 Å². The number of carbonyl (C=O) groups is 2. The molecule has 2 aromatic rings. The Labute approximate surface area is 217 Å². The lowest BCUT2D eigenvalue weighted by molar-refractivity contribution is -0.276. The largest absolute Gasteiger partial charge is 0.481 e. The van der Waals surface area contributed by atoms with E-state index < -0.39 is 12.3 Å². The van der Waals surface area contributed by atoms with Crippen LogP contribution in [0.1, 0.15) is 61.7 Å². The Morgan fingerprint density at radius 1 is 1.00 bits per heavy atom. The normalized spacial score (nSPS) is 26.2. The van der Waals surface area contributed by atoms with Crippen LogP contribution in [0.15, 0.2) is 48.5 Å².